The Bertz CT molecular complexity index is 1390. The quantitative estimate of drug-likeness (QED) is 0.284. The Balaban J connectivity index is 1.71. The second-order valence-electron chi connectivity index (χ2n) is 9.06. The van der Waals surface area contributed by atoms with Crippen LogP contribution in [0, 0.1) is 0 Å². The molecule has 4 nitrogen and oxygen atoms in total. The molecule has 7 heteroatoms. The van der Waals surface area contributed by atoms with Crippen LogP contribution < -0.4 is 10.2 Å². The van der Waals surface area contributed by atoms with E-state index < -0.39 is 29.3 Å². The molecular weight excluding hydrogens is 477 g/mol. The summed E-state index contributed by atoms with van der Waals surface area (Å²) < 4.78 is 40.3. The topological polar surface area (TPSA) is 52.6 Å². The lowest BCUT2D eigenvalue weighted by atomic mass is 9.81. The summed E-state index contributed by atoms with van der Waals surface area (Å²) in [5.74, 6) is -1.49. The van der Waals surface area contributed by atoms with Crippen molar-refractivity contribution in [3.8, 4) is 0 Å². The van der Waals surface area contributed by atoms with E-state index in [-0.39, 0.29) is 13.0 Å². The van der Waals surface area contributed by atoms with Gasteiger partial charge in [0.2, 0.25) is 0 Å². The summed E-state index contributed by atoms with van der Waals surface area (Å²) in [4.78, 5) is 14.3. The minimum Gasteiger partial charge on any atom is -0.481 e. The van der Waals surface area contributed by atoms with E-state index in [9.17, 15) is 23.1 Å². The number of benzene rings is 4. The second-order valence-corrected chi connectivity index (χ2v) is 9.06. The van der Waals surface area contributed by atoms with Crippen LogP contribution in [0.4, 0.5) is 24.5 Å². The Labute approximate surface area is 213 Å². The minimum absolute atomic E-state index is 0.0895. The third kappa shape index (κ3) is 4.58. The molecule has 0 amide bonds. The first kappa shape index (κ1) is 24.6. The van der Waals surface area contributed by atoms with Crippen LogP contribution in [-0.2, 0) is 23.2 Å². The van der Waals surface area contributed by atoms with Crippen LogP contribution in [0.5, 0.6) is 0 Å². The predicted molar refractivity (Wildman–Crippen MR) is 136 cm³/mol. The van der Waals surface area contributed by atoms with E-state index in [2.05, 4.69) is 10.2 Å². The molecule has 5 rings (SSSR count). The van der Waals surface area contributed by atoms with Crippen LogP contribution in [-0.4, -0.2) is 11.1 Å². The Kier molecular flexibility index (Phi) is 6.48. The normalized spacial score (nSPS) is 19.0. The summed E-state index contributed by atoms with van der Waals surface area (Å²) in [6.45, 7) is 0.0895. The van der Waals surface area contributed by atoms with Gasteiger partial charge in [0.1, 0.15) is 5.66 Å². The number of carboxylic acids is 1. The van der Waals surface area contributed by atoms with E-state index in [0.717, 1.165) is 34.6 Å². The summed E-state index contributed by atoms with van der Waals surface area (Å²) in [7, 11) is 0. The number of hydrogen-bond acceptors (Lipinski definition) is 3. The van der Waals surface area contributed by atoms with Crippen molar-refractivity contribution in [3.63, 3.8) is 0 Å². The highest BCUT2D eigenvalue weighted by molar-refractivity contribution is 5.79. The molecule has 2 atom stereocenters. The maximum Gasteiger partial charge on any atom is 0.416 e. The largest absolute Gasteiger partial charge is 0.481 e. The molecule has 37 heavy (non-hydrogen) atoms. The van der Waals surface area contributed by atoms with Crippen molar-refractivity contribution in [2.45, 2.75) is 30.7 Å². The Morgan fingerprint density at radius 1 is 0.865 bits per heavy atom. The van der Waals surface area contributed by atoms with E-state index in [4.69, 9.17) is 0 Å². The lowest BCUT2D eigenvalue weighted by molar-refractivity contribution is -0.138. The predicted octanol–water partition coefficient (Wildman–Crippen LogP) is 7.06. The number of carbonyl (C=O) groups is 1. The van der Waals surface area contributed by atoms with Gasteiger partial charge in [-0.2, -0.15) is 13.2 Å². The fraction of sp³-hybridized carbons (Fsp3) is 0.167. The molecule has 0 saturated heterocycles. The van der Waals surface area contributed by atoms with E-state index >= 15 is 0 Å². The Hall–Kier alpha value is -4.10. The van der Waals surface area contributed by atoms with Crippen LogP contribution in [0.15, 0.2) is 109 Å². The number of aliphatic carboxylic acids is 1. The van der Waals surface area contributed by atoms with Crippen LogP contribution in [0.3, 0.4) is 0 Å². The number of rotatable bonds is 7. The van der Waals surface area contributed by atoms with Gasteiger partial charge in [0.05, 0.1) is 12.0 Å². The molecule has 0 aromatic heterocycles. The molecular formula is C30H25F3N2O2. The van der Waals surface area contributed by atoms with Gasteiger partial charge in [-0.25, -0.2) is 0 Å². The number of nitrogens with one attached hydrogen (secondary N) is 1. The van der Waals surface area contributed by atoms with Crippen LogP contribution in [0.2, 0.25) is 0 Å². The second kappa shape index (κ2) is 9.75. The summed E-state index contributed by atoms with van der Waals surface area (Å²) in [6, 6.07) is 32.0. The van der Waals surface area contributed by atoms with Crippen molar-refractivity contribution in [2.75, 3.05) is 4.90 Å². The Morgan fingerprint density at radius 2 is 1.51 bits per heavy atom. The van der Waals surface area contributed by atoms with Crippen LogP contribution in [0.25, 0.3) is 0 Å². The van der Waals surface area contributed by atoms with Crippen molar-refractivity contribution < 1.29 is 23.1 Å². The van der Waals surface area contributed by atoms with Gasteiger partial charge >= 0.3 is 12.1 Å². The van der Waals surface area contributed by atoms with Gasteiger partial charge in [-0.1, -0.05) is 84.9 Å². The molecule has 2 unspecified atom stereocenters. The number of hydrogen-bond donors (Lipinski definition) is 2. The third-order valence-corrected chi connectivity index (χ3v) is 6.83. The molecule has 1 heterocycles. The van der Waals surface area contributed by atoms with Crippen molar-refractivity contribution in [3.05, 3.63) is 131 Å². The van der Waals surface area contributed by atoms with E-state index in [0.29, 0.717) is 5.56 Å². The molecule has 4 aromatic rings. The molecule has 188 valence electrons. The highest BCUT2D eigenvalue weighted by atomic mass is 19.4. The van der Waals surface area contributed by atoms with E-state index in [1.54, 1.807) is 6.07 Å². The molecule has 0 aliphatic carbocycles. The van der Waals surface area contributed by atoms with E-state index in [1.165, 1.54) is 6.07 Å². The third-order valence-electron chi connectivity index (χ3n) is 6.83. The number of halogens is 3. The van der Waals surface area contributed by atoms with E-state index in [1.807, 2.05) is 84.9 Å². The molecule has 0 spiro atoms. The minimum atomic E-state index is -4.46. The van der Waals surface area contributed by atoms with Gasteiger partial charge < -0.3 is 10.0 Å². The summed E-state index contributed by atoms with van der Waals surface area (Å²) in [5, 5.41) is 13.5. The van der Waals surface area contributed by atoms with Gasteiger partial charge in [0, 0.05) is 23.8 Å². The van der Waals surface area contributed by atoms with Gasteiger partial charge in [-0.3, -0.25) is 10.1 Å². The van der Waals surface area contributed by atoms with Crippen molar-refractivity contribution in [1.29, 1.82) is 0 Å². The first-order valence-electron chi connectivity index (χ1n) is 11.9. The summed E-state index contributed by atoms with van der Waals surface area (Å²) >= 11 is 0. The number of alkyl halides is 3. The first-order valence-corrected chi connectivity index (χ1v) is 11.9. The zero-order valence-electron chi connectivity index (χ0n) is 19.8. The fourth-order valence-electron chi connectivity index (χ4n) is 5.33. The van der Waals surface area contributed by atoms with Gasteiger partial charge in [0.15, 0.2) is 0 Å². The molecule has 4 aromatic carbocycles. The molecule has 0 radical (unpaired) electrons. The number of anilines is 2. The first-order chi connectivity index (χ1) is 17.8. The molecule has 1 aliphatic heterocycles. The molecule has 2 N–H and O–H groups in total. The van der Waals surface area contributed by atoms with Crippen molar-refractivity contribution in [1.82, 2.24) is 5.32 Å². The fourth-order valence-corrected chi connectivity index (χ4v) is 5.33. The van der Waals surface area contributed by atoms with Crippen molar-refractivity contribution >= 4 is 17.3 Å². The maximum absolute atomic E-state index is 13.4. The van der Waals surface area contributed by atoms with Gasteiger partial charge in [-0.15, -0.1) is 0 Å². The van der Waals surface area contributed by atoms with Crippen LogP contribution in [0.1, 0.15) is 34.6 Å². The summed E-state index contributed by atoms with van der Waals surface area (Å²) in [6.07, 6.45) is -4.64. The monoisotopic (exact) mass is 502 g/mol. The Morgan fingerprint density at radius 3 is 2.19 bits per heavy atom. The van der Waals surface area contributed by atoms with Crippen molar-refractivity contribution in [2.24, 2.45) is 0 Å². The lowest BCUT2D eigenvalue weighted by Gasteiger charge is -2.45. The lowest BCUT2D eigenvalue weighted by Crippen LogP contribution is -2.55. The average Bonchev–Trinajstić information content (AvgIpc) is 3.18. The molecule has 0 fully saturated rings. The molecule has 1 aliphatic rings. The smallest absolute Gasteiger partial charge is 0.416 e. The number of nitrogens with zero attached hydrogens (tertiary/aromatic N) is 1. The number of carboxylic acid groups (broad SMARTS) is 1. The molecule has 0 saturated carbocycles. The standard InChI is InChI=1S/C30H25F3N2O2/c31-30(32,33)23-13-9-10-21(18-23)20-34-29(22-11-3-1-4-12-22)26(19-28(36)37)25-16-7-8-17-27(25)35(29)24-14-5-2-6-15-24/h1-18,26,34H,19-20H2,(H,36,37). The van der Waals surface area contributed by atoms with Gasteiger partial charge in [-0.05, 0) is 41.0 Å². The maximum atomic E-state index is 13.4. The average molecular weight is 503 g/mol. The number of fused-ring (bicyclic) bond motifs is 1. The highest BCUT2D eigenvalue weighted by Crippen LogP contribution is 2.56. The van der Waals surface area contributed by atoms with Gasteiger partial charge in [0.25, 0.3) is 0 Å². The molecule has 0 bridgehead atoms. The summed E-state index contributed by atoms with van der Waals surface area (Å²) in [5.41, 5.74) is 1.99. The number of para-hydroxylation sites is 2. The van der Waals surface area contributed by atoms with Crippen LogP contribution >= 0.6 is 0 Å². The SMILES string of the molecule is O=C(O)CC1c2ccccc2N(c2ccccc2)C1(NCc1cccc(C(F)(F)F)c1)c1ccccc1. The highest BCUT2D eigenvalue weighted by Gasteiger charge is 2.53. The zero-order chi connectivity index (χ0) is 26.0. The zero-order valence-corrected chi connectivity index (χ0v) is 19.8.